The first kappa shape index (κ1) is 9.05. The van der Waals surface area contributed by atoms with E-state index in [2.05, 4.69) is 9.59 Å². The van der Waals surface area contributed by atoms with E-state index in [9.17, 15) is 0 Å². The maximum Gasteiger partial charge on any atom is 0.0925 e. The lowest BCUT2D eigenvalue weighted by Crippen LogP contribution is -2.27. The fraction of sp³-hybridized carbons (Fsp3) is 0.750. The lowest BCUT2D eigenvalue weighted by molar-refractivity contribution is 0.0579. The third-order valence-corrected chi connectivity index (χ3v) is 3.02. The van der Waals surface area contributed by atoms with Crippen molar-refractivity contribution < 1.29 is 4.74 Å². The van der Waals surface area contributed by atoms with Gasteiger partial charge in [-0.2, -0.15) is 0 Å². The molecule has 2 N–H and O–H groups in total. The van der Waals surface area contributed by atoms with Gasteiger partial charge in [0.1, 0.15) is 0 Å². The Morgan fingerprint density at radius 2 is 2.31 bits per heavy atom. The Morgan fingerprint density at radius 1 is 1.54 bits per heavy atom. The Balaban J connectivity index is 1.99. The molecule has 1 atom stereocenters. The van der Waals surface area contributed by atoms with Crippen LogP contribution in [0.4, 0.5) is 0 Å². The Kier molecular flexibility index (Phi) is 2.87. The summed E-state index contributed by atoms with van der Waals surface area (Å²) >= 11 is 1.36. The summed E-state index contributed by atoms with van der Waals surface area (Å²) in [6.07, 6.45) is 2.08. The Labute approximate surface area is 81.3 Å². The molecule has 1 aromatic rings. The summed E-state index contributed by atoms with van der Waals surface area (Å²) in [7, 11) is 0. The van der Waals surface area contributed by atoms with Gasteiger partial charge in [-0.3, -0.25) is 0 Å². The molecule has 0 aliphatic carbocycles. The second-order valence-electron chi connectivity index (χ2n) is 3.31. The molecule has 0 bridgehead atoms. The summed E-state index contributed by atoms with van der Waals surface area (Å²) in [5.74, 6) is 0.512. The average Bonchev–Trinajstić information content (AvgIpc) is 2.71. The van der Waals surface area contributed by atoms with Gasteiger partial charge in [0, 0.05) is 18.6 Å². The first-order valence-corrected chi connectivity index (χ1v) is 5.32. The van der Waals surface area contributed by atoms with Gasteiger partial charge in [-0.15, -0.1) is 5.10 Å². The van der Waals surface area contributed by atoms with Gasteiger partial charge in [-0.25, -0.2) is 0 Å². The zero-order valence-corrected chi connectivity index (χ0v) is 8.17. The summed E-state index contributed by atoms with van der Waals surface area (Å²) < 4.78 is 9.10. The molecule has 1 fully saturated rings. The van der Waals surface area contributed by atoms with Crippen molar-refractivity contribution in [2.45, 2.75) is 18.9 Å². The van der Waals surface area contributed by atoms with Crippen molar-refractivity contribution >= 4 is 11.5 Å². The van der Waals surface area contributed by atoms with Crippen molar-refractivity contribution in [3.05, 3.63) is 11.1 Å². The van der Waals surface area contributed by atoms with E-state index in [0.717, 1.165) is 31.7 Å². The molecule has 1 aliphatic heterocycles. The van der Waals surface area contributed by atoms with E-state index in [0.29, 0.717) is 5.92 Å². The van der Waals surface area contributed by atoms with Crippen molar-refractivity contribution in [3.8, 4) is 0 Å². The van der Waals surface area contributed by atoms with Gasteiger partial charge in [0.05, 0.1) is 11.7 Å². The number of rotatable bonds is 2. The van der Waals surface area contributed by atoms with E-state index in [1.165, 1.54) is 11.5 Å². The molecular formula is C8H13N3OS. The molecule has 72 valence electrons. The number of hydrogen-bond donors (Lipinski definition) is 1. The molecule has 1 unspecified atom stereocenters. The molecule has 1 aromatic heterocycles. The molecule has 4 nitrogen and oxygen atoms in total. The summed E-state index contributed by atoms with van der Waals surface area (Å²) in [4.78, 5) is 0. The number of aromatic nitrogens is 2. The maximum absolute atomic E-state index is 6.06. The van der Waals surface area contributed by atoms with Crippen LogP contribution in [0.1, 0.15) is 24.6 Å². The van der Waals surface area contributed by atoms with Gasteiger partial charge >= 0.3 is 0 Å². The number of nitrogens with two attached hydrogens (primary N) is 1. The molecule has 1 aliphatic rings. The van der Waals surface area contributed by atoms with Crippen LogP contribution in [0.5, 0.6) is 0 Å². The lowest BCUT2D eigenvalue weighted by atomic mass is 9.91. The fourth-order valence-electron chi connectivity index (χ4n) is 1.63. The van der Waals surface area contributed by atoms with Crippen molar-refractivity contribution in [1.82, 2.24) is 9.59 Å². The minimum atomic E-state index is 0.0441. The Hall–Kier alpha value is -0.520. The van der Waals surface area contributed by atoms with Gasteiger partial charge < -0.3 is 10.5 Å². The van der Waals surface area contributed by atoms with E-state index in [-0.39, 0.29) is 6.04 Å². The lowest BCUT2D eigenvalue weighted by Gasteiger charge is -2.26. The van der Waals surface area contributed by atoms with E-state index < -0.39 is 0 Å². The molecule has 0 radical (unpaired) electrons. The summed E-state index contributed by atoms with van der Waals surface area (Å²) in [6, 6.07) is 0.0441. The highest BCUT2D eigenvalue weighted by Gasteiger charge is 2.23. The van der Waals surface area contributed by atoms with Gasteiger partial charge in [0.15, 0.2) is 0 Å². The Morgan fingerprint density at radius 3 is 2.92 bits per heavy atom. The van der Waals surface area contributed by atoms with Crippen LogP contribution in [0, 0.1) is 5.92 Å². The molecule has 0 spiro atoms. The highest BCUT2D eigenvalue weighted by atomic mass is 32.1. The van der Waals surface area contributed by atoms with Crippen LogP contribution < -0.4 is 5.73 Å². The van der Waals surface area contributed by atoms with Crippen LogP contribution in [-0.2, 0) is 4.74 Å². The van der Waals surface area contributed by atoms with Crippen LogP contribution in [0.2, 0.25) is 0 Å². The van der Waals surface area contributed by atoms with Gasteiger partial charge in [-0.05, 0) is 30.3 Å². The predicted molar refractivity (Wildman–Crippen MR) is 50.4 cm³/mol. The van der Waals surface area contributed by atoms with E-state index in [1.54, 1.807) is 0 Å². The first-order chi connectivity index (χ1) is 6.38. The molecule has 2 heterocycles. The van der Waals surface area contributed by atoms with Crippen molar-refractivity contribution in [2.24, 2.45) is 11.7 Å². The zero-order chi connectivity index (χ0) is 9.10. The smallest absolute Gasteiger partial charge is 0.0925 e. The SMILES string of the molecule is NC(c1csnn1)C1CCOCC1. The van der Waals surface area contributed by atoms with E-state index in [1.807, 2.05) is 5.38 Å². The number of ether oxygens (including phenoxy) is 1. The minimum absolute atomic E-state index is 0.0441. The molecule has 0 aromatic carbocycles. The number of nitrogens with zero attached hydrogens (tertiary/aromatic N) is 2. The molecule has 5 heteroatoms. The fourth-order valence-corrected chi connectivity index (χ4v) is 2.13. The normalized spacial score (nSPS) is 21.6. The molecular weight excluding hydrogens is 186 g/mol. The van der Waals surface area contributed by atoms with E-state index >= 15 is 0 Å². The van der Waals surface area contributed by atoms with Crippen LogP contribution in [-0.4, -0.2) is 22.8 Å². The van der Waals surface area contributed by atoms with Crippen molar-refractivity contribution in [2.75, 3.05) is 13.2 Å². The molecule has 1 saturated heterocycles. The van der Waals surface area contributed by atoms with Crippen LogP contribution in [0.3, 0.4) is 0 Å². The standard InChI is InChI=1S/C8H13N3OS/c9-8(7-5-13-11-10-7)6-1-3-12-4-2-6/h5-6,8H,1-4,9H2. The minimum Gasteiger partial charge on any atom is -0.381 e. The van der Waals surface area contributed by atoms with E-state index in [4.69, 9.17) is 10.5 Å². The molecule has 2 rings (SSSR count). The summed E-state index contributed by atoms with van der Waals surface area (Å²) in [5, 5.41) is 5.92. The second-order valence-corrected chi connectivity index (χ2v) is 3.92. The topological polar surface area (TPSA) is 61.0 Å². The van der Waals surface area contributed by atoms with Gasteiger partial charge in [0.2, 0.25) is 0 Å². The summed E-state index contributed by atoms with van der Waals surface area (Å²) in [5.41, 5.74) is 6.99. The molecule has 0 saturated carbocycles. The third kappa shape index (κ3) is 2.04. The summed E-state index contributed by atoms with van der Waals surface area (Å²) in [6.45, 7) is 1.66. The average molecular weight is 199 g/mol. The second kappa shape index (κ2) is 4.13. The maximum atomic E-state index is 6.06. The van der Waals surface area contributed by atoms with Crippen LogP contribution in [0.25, 0.3) is 0 Å². The van der Waals surface area contributed by atoms with Crippen LogP contribution >= 0.6 is 11.5 Å². The Bertz CT molecular complexity index is 246. The van der Waals surface area contributed by atoms with Crippen LogP contribution in [0.15, 0.2) is 5.38 Å². The molecule has 0 amide bonds. The van der Waals surface area contributed by atoms with Gasteiger partial charge in [-0.1, -0.05) is 4.49 Å². The first-order valence-electron chi connectivity index (χ1n) is 4.48. The molecule has 13 heavy (non-hydrogen) atoms. The highest BCUT2D eigenvalue weighted by Crippen LogP contribution is 2.26. The van der Waals surface area contributed by atoms with Gasteiger partial charge in [0.25, 0.3) is 0 Å². The van der Waals surface area contributed by atoms with Crippen molar-refractivity contribution in [3.63, 3.8) is 0 Å². The monoisotopic (exact) mass is 199 g/mol. The zero-order valence-electron chi connectivity index (χ0n) is 7.35. The quantitative estimate of drug-likeness (QED) is 0.770. The number of hydrogen-bond acceptors (Lipinski definition) is 5. The predicted octanol–water partition coefficient (Wildman–Crippen LogP) is 0.964. The van der Waals surface area contributed by atoms with Crippen molar-refractivity contribution in [1.29, 1.82) is 0 Å². The third-order valence-electron chi connectivity index (χ3n) is 2.49. The largest absolute Gasteiger partial charge is 0.381 e. The highest BCUT2D eigenvalue weighted by molar-refractivity contribution is 7.03.